The molecule has 0 radical (unpaired) electrons. The van der Waals surface area contributed by atoms with Gasteiger partial charge in [0.05, 0.1) is 4.83 Å². The van der Waals surface area contributed by atoms with Gasteiger partial charge in [0, 0.05) is 17.7 Å². The van der Waals surface area contributed by atoms with E-state index in [1.807, 2.05) is 18.4 Å². The normalized spacial score (nSPS) is 15.7. The van der Waals surface area contributed by atoms with E-state index < -0.39 is 0 Å². The van der Waals surface area contributed by atoms with Crippen LogP contribution in [0.15, 0.2) is 22.9 Å². The Bertz CT molecular complexity index is 683. The number of rotatable bonds is 2. The highest BCUT2D eigenvalue weighted by molar-refractivity contribution is 9.09. The van der Waals surface area contributed by atoms with E-state index in [0.29, 0.717) is 24.1 Å². The Kier molecular flexibility index (Phi) is 3.65. The number of nitrogens with one attached hydrogen (secondary N) is 1. The van der Waals surface area contributed by atoms with E-state index >= 15 is 0 Å². The number of alkyl halides is 1. The van der Waals surface area contributed by atoms with Gasteiger partial charge in [-0.25, -0.2) is 4.39 Å². The van der Waals surface area contributed by atoms with Crippen LogP contribution in [0.4, 0.5) is 10.1 Å². The molecule has 0 spiro atoms. The van der Waals surface area contributed by atoms with Gasteiger partial charge in [-0.3, -0.25) is 4.79 Å². The van der Waals surface area contributed by atoms with E-state index in [-0.39, 0.29) is 16.6 Å². The lowest BCUT2D eigenvalue weighted by atomic mass is 9.96. The number of anilines is 1. The highest BCUT2D eigenvalue weighted by Crippen LogP contribution is 2.38. The molecule has 1 aliphatic heterocycles. The van der Waals surface area contributed by atoms with Crippen LogP contribution >= 0.6 is 27.3 Å². The van der Waals surface area contributed by atoms with Crippen LogP contribution in [-0.4, -0.2) is 5.91 Å². The number of carbonyl (C=O) groups excluding carboxylic acids is 1. The molecule has 1 aromatic carbocycles. The molecule has 2 aromatic rings. The summed E-state index contributed by atoms with van der Waals surface area (Å²) < 4.78 is 14.3. The summed E-state index contributed by atoms with van der Waals surface area (Å²) in [5.74, 6) is -0.341. The molecule has 1 amide bonds. The number of thiophene rings is 1. The van der Waals surface area contributed by atoms with Crippen molar-refractivity contribution < 1.29 is 9.18 Å². The highest BCUT2D eigenvalue weighted by Gasteiger charge is 2.22. The number of aryl methyl sites for hydroxylation is 2. The van der Waals surface area contributed by atoms with Gasteiger partial charge in [-0.05, 0) is 52.9 Å². The molecule has 20 heavy (non-hydrogen) atoms. The molecule has 1 atom stereocenters. The van der Waals surface area contributed by atoms with Crippen molar-refractivity contribution >= 4 is 38.9 Å². The summed E-state index contributed by atoms with van der Waals surface area (Å²) in [6, 6.07) is 3.29. The average Bonchev–Trinajstić information content (AvgIpc) is 2.83. The molecule has 2 nitrogen and oxygen atoms in total. The SMILES string of the molecule is Cc1cscc1C(Br)c1cc2c(cc1F)NC(=O)CC2. The Morgan fingerprint density at radius 2 is 2.10 bits per heavy atom. The quantitative estimate of drug-likeness (QED) is 0.787. The lowest BCUT2D eigenvalue weighted by molar-refractivity contribution is -0.116. The van der Waals surface area contributed by atoms with Crippen molar-refractivity contribution in [2.45, 2.75) is 24.6 Å². The first kappa shape index (κ1) is 13.8. The molecule has 104 valence electrons. The largest absolute Gasteiger partial charge is 0.326 e. The predicted molar refractivity (Wildman–Crippen MR) is 83.2 cm³/mol. The summed E-state index contributed by atoms with van der Waals surface area (Å²) in [7, 11) is 0. The van der Waals surface area contributed by atoms with Gasteiger partial charge >= 0.3 is 0 Å². The number of fused-ring (bicyclic) bond motifs is 1. The van der Waals surface area contributed by atoms with Crippen molar-refractivity contribution in [3.63, 3.8) is 0 Å². The number of benzene rings is 1. The standard InChI is InChI=1S/C15H13BrFNOS/c1-8-6-20-7-11(8)15(16)10-4-9-2-3-14(19)18-13(9)5-12(10)17/h4-7,15H,2-3H2,1H3,(H,18,19). The highest BCUT2D eigenvalue weighted by atomic mass is 79.9. The van der Waals surface area contributed by atoms with E-state index in [1.165, 1.54) is 6.07 Å². The maximum absolute atomic E-state index is 14.3. The van der Waals surface area contributed by atoms with Crippen LogP contribution in [0.25, 0.3) is 0 Å². The summed E-state index contributed by atoms with van der Waals surface area (Å²) in [4.78, 5) is 11.2. The van der Waals surface area contributed by atoms with Gasteiger partial charge in [0.1, 0.15) is 5.82 Å². The van der Waals surface area contributed by atoms with Crippen molar-refractivity contribution in [1.29, 1.82) is 0 Å². The van der Waals surface area contributed by atoms with Gasteiger partial charge in [0.2, 0.25) is 5.91 Å². The summed E-state index contributed by atoms with van der Waals surface area (Å²) in [6.07, 6.45) is 1.12. The van der Waals surface area contributed by atoms with Crippen LogP contribution in [0.3, 0.4) is 0 Å². The van der Waals surface area contributed by atoms with Crippen LogP contribution in [0, 0.1) is 12.7 Å². The molecule has 3 rings (SSSR count). The van der Waals surface area contributed by atoms with Crippen LogP contribution in [0.2, 0.25) is 0 Å². The Hall–Kier alpha value is -1.20. The van der Waals surface area contributed by atoms with Crippen molar-refractivity contribution in [1.82, 2.24) is 0 Å². The summed E-state index contributed by atoms with van der Waals surface area (Å²) in [5.41, 5.74) is 4.47. The van der Waals surface area contributed by atoms with Crippen LogP contribution in [0.5, 0.6) is 0 Å². The Morgan fingerprint density at radius 1 is 1.30 bits per heavy atom. The van der Waals surface area contributed by atoms with Crippen molar-refractivity contribution in [2.24, 2.45) is 0 Å². The maximum atomic E-state index is 14.3. The topological polar surface area (TPSA) is 29.1 Å². The van der Waals surface area contributed by atoms with Gasteiger partial charge in [0.15, 0.2) is 0 Å². The van der Waals surface area contributed by atoms with E-state index in [9.17, 15) is 9.18 Å². The molecule has 1 aromatic heterocycles. The van der Waals surface area contributed by atoms with Crippen LogP contribution in [-0.2, 0) is 11.2 Å². The summed E-state index contributed by atoms with van der Waals surface area (Å²) in [6.45, 7) is 2.02. The molecule has 1 unspecified atom stereocenters. The van der Waals surface area contributed by atoms with Gasteiger partial charge in [-0.2, -0.15) is 11.3 Å². The van der Waals surface area contributed by atoms with Gasteiger partial charge in [0.25, 0.3) is 0 Å². The number of hydrogen-bond acceptors (Lipinski definition) is 2. The zero-order valence-corrected chi connectivity index (χ0v) is 13.3. The van der Waals surface area contributed by atoms with Crippen LogP contribution < -0.4 is 5.32 Å². The zero-order chi connectivity index (χ0) is 14.3. The fourth-order valence-corrected chi connectivity index (χ4v) is 4.31. The van der Waals surface area contributed by atoms with Gasteiger partial charge < -0.3 is 5.32 Å². The van der Waals surface area contributed by atoms with E-state index in [4.69, 9.17) is 0 Å². The molecule has 0 bridgehead atoms. The van der Waals surface area contributed by atoms with Gasteiger partial charge in [-0.15, -0.1) is 0 Å². The third kappa shape index (κ3) is 2.40. The lowest BCUT2D eigenvalue weighted by Gasteiger charge is -2.20. The second-order valence-corrected chi connectivity index (χ2v) is 6.61. The first-order valence-electron chi connectivity index (χ1n) is 6.35. The van der Waals surface area contributed by atoms with Gasteiger partial charge in [-0.1, -0.05) is 15.9 Å². The molecule has 2 heterocycles. The fraction of sp³-hybridized carbons (Fsp3) is 0.267. The second-order valence-electron chi connectivity index (χ2n) is 4.95. The minimum atomic E-state index is -0.293. The van der Waals surface area contributed by atoms with E-state index in [0.717, 1.165) is 16.7 Å². The first-order valence-corrected chi connectivity index (χ1v) is 8.21. The molecule has 1 aliphatic rings. The fourth-order valence-electron chi connectivity index (χ4n) is 2.41. The Morgan fingerprint density at radius 3 is 2.80 bits per heavy atom. The molecule has 5 heteroatoms. The van der Waals surface area contributed by atoms with Crippen molar-refractivity contribution in [3.05, 3.63) is 51.0 Å². The first-order chi connectivity index (χ1) is 9.56. The Balaban J connectivity index is 2.02. The smallest absolute Gasteiger partial charge is 0.224 e. The zero-order valence-electron chi connectivity index (χ0n) is 10.9. The third-order valence-electron chi connectivity index (χ3n) is 3.56. The third-order valence-corrected chi connectivity index (χ3v) is 5.43. The van der Waals surface area contributed by atoms with Crippen molar-refractivity contribution in [2.75, 3.05) is 5.32 Å². The number of halogens is 2. The molecular formula is C15H13BrFNOS. The molecule has 0 fully saturated rings. The van der Waals surface area contributed by atoms with E-state index in [2.05, 4.69) is 26.6 Å². The molecule has 0 saturated heterocycles. The lowest BCUT2D eigenvalue weighted by Crippen LogP contribution is -2.19. The Labute approximate surface area is 129 Å². The number of hydrogen-bond donors (Lipinski definition) is 1. The molecule has 0 aliphatic carbocycles. The summed E-state index contributed by atoms with van der Waals surface area (Å²) in [5, 5.41) is 6.81. The second kappa shape index (κ2) is 5.30. The molecule has 1 N–H and O–H groups in total. The minimum absolute atomic E-state index is 0.0475. The molecule has 0 saturated carbocycles. The maximum Gasteiger partial charge on any atom is 0.224 e. The number of carbonyl (C=O) groups is 1. The average molecular weight is 354 g/mol. The minimum Gasteiger partial charge on any atom is -0.326 e. The summed E-state index contributed by atoms with van der Waals surface area (Å²) >= 11 is 5.21. The van der Waals surface area contributed by atoms with Crippen LogP contribution in [0.1, 0.15) is 33.5 Å². The van der Waals surface area contributed by atoms with Crippen molar-refractivity contribution in [3.8, 4) is 0 Å². The number of amides is 1. The molecular weight excluding hydrogens is 341 g/mol. The predicted octanol–water partition coefficient (Wildman–Crippen LogP) is 4.56. The monoisotopic (exact) mass is 353 g/mol. The van der Waals surface area contributed by atoms with E-state index in [1.54, 1.807) is 11.3 Å².